The Morgan fingerprint density at radius 2 is 2.27 bits per heavy atom. The Balaban J connectivity index is 3.15. The molecule has 1 radical (unpaired) electrons. The molecule has 0 amide bonds. The van der Waals surface area contributed by atoms with Crippen LogP contribution < -0.4 is 5.46 Å². The molecule has 1 aromatic carbocycles. The van der Waals surface area contributed by atoms with Crippen LogP contribution in [0, 0.1) is 6.57 Å². The Morgan fingerprint density at radius 1 is 1.55 bits per heavy atom. The van der Waals surface area contributed by atoms with Gasteiger partial charge in [-0.2, -0.15) is 0 Å². The smallest absolute Gasteiger partial charge is 0.204 e. The van der Waals surface area contributed by atoms with E-state index in [2.05, 4.69) is 4.85 Å². The third-order valence-electron chi connectivity index (χ3n) is 1.42. The van der Waals surface area contributed by atoms with Crippen LogP contribution in [-0.2, 0) is 0 Å². The molecule has 11 heavy (non-hydrogen) atoms. The van der Waals surface area contributed by atoms with Crippen molar-refractivity contribution in [3.63, 3.8) is 0 Å². The average Bonchev–Trinajstić information content (AvgIpc) is 2.05. The summed E-state index contributed by atoms with van der Waals surface area (Å²) in [5.74, 6) is 0. The largest absolute Gasteiger partial charge is 0.237 e. The Kier molecular flexibility index (Phi) is 2.56. The predicted octanol–water partition coefficient (Wildman–Crippen LogP) is 2.27. The van der Waals surface area contributed by atoms with Crippen molar-refractivity contribution in [2.45, 2.75) is 6.82 Å². The summed E-state index contributed by atoms with van der Waals surface area (Å²) in [6, 6.07) is 5.40. The molecule has 0 fully saturated rings. The molecule has 1 nitrogen and oxygen atoms in total. The van der Waals surface area contributed by atoms with Crippen molar-refractivity contribution in [1.29, 1.82) is 0 Å². The van der Waals surface area contributed by atoms with Crippen molar-refractivity contribution in [2.75, 3.05) is 0 Å². The highest BCUT2D eigenvalue weighted by Crippen LogP contribution is 2.22. The number of benzene rings is 1. The molecule has 0 spiro atoms. The van der Waals surface area contributed by atoms with Gasteiger partial charge >= 0.3 is 0 Å². The van der Waals surface area contributed by atoms with E-state index in [1.807, 2.05) is 20.2 Å². The van der Waals surface area contributed by atoms with Crippen molar-refractivity contribution in [1.82, 2.24) is 0 Å². The molecule has 1 aromatic rings. The van der Waals surface area contributed by atoms with E-state index in [0.717, 1.165) is 5.46 Å². The highest BCUT2D eigenvalue weighted by Gasteiger charge is 1.99. The standard InChI is InChI=1S/C8H6BClN/c1-9-6-3-4-7(10)8(5-6)11-2/h3-5H,1H3. The second kappa shape index (κ2) is 3.45. The summed E-state index contributed by atoms with van der Waals surface area (Å²) in [4.78, 5) is 3.28. The fourth-order valence-electron chi connectivity index (χ4n) is 0.795. The lowest BCUT2D eigenvalue weighted by Gasteiger charge is -1.97. The van der Waals surface area contributed by atoms with Gasteiger partial charge in [-0.15, -0.1) is 0 Å². The first-order valence-corrected chi connectivity index (χ1v) is 3.62. The van der Waals surface area contributed by atoms with Gasteiger partial charge in [0.15, 0.2) is 0 Å². The first kappa shape index (κ1) is 8.16. The number of rotatable bonds is 1. The minimum absolute atomic E-state index is 0.516. The summed E-state index contributed by atoms with van der Waals surface area (Å²) in [7, 11) is 1.94. The first-order valence-electron chi connectivity index (χ1n) is 3.24. The van der Waals surface area contributed by atoms with Gasteiger partial charge in [0.1, 0.15) is 7.28 Å². The quantitative estimate of drug-likeness (QED) is 0.441. The van der Waals surface area contributed by atoms with Gasteiger partial charge in [-0.25, -0.2) is 4.85 Å². The van der Waals surface area contributed by atoms with E-state index in [0.29, 0.717) is 10.7 Å². The van der Waals surface area contributed by atoms with Crippen LogP contribution in [0.3, 0.4) is 0 Å². The third-order valence-corrected chi connectivity index (χ3v) is 1.74. The van der Waals surface area contributed by atoms with Crippen molar-refractivity contribution in [3.8, 4) is 0 Å². The molecule has 0 aliphatic heterocycles. The summed E-state index contributed by atoms with van der Waals surface area (Å²) in [6.45, 7) is 8.71. The van der Waals surface area contributed by atoms with Gasteiger partial charge in [0, 0.05) is 5.02 Å². The van der Waals surface area contributed by atoms with Crippen molar-refractivity contribution < 1.29 is 0 Å². The van der Waals surface area contributed by atoms with Gasteiger partial charge < -0.3 is 0 Å². The molecule has 0 aromatic heterocycles. The number of nitrogens with zero attached hydrogens (tertiary/aromatic N) is 1. The maximum absolute atomic E-state index is 6.78. The second-order valence-corrected chi connectivity index (χ2v) is 2.52. The monoisotopic (exact) mass is 162 g/mol. The summed E-state index contributed by atoms with van der Waals surface area (Å²) in [5, 5.41) is 0.519. The molecule has 53 valence electrons. The lowest BCUT2D eigenvalue weighted by Crippen LogP contribution is -2.08. The molecular formula is C8H6BClN. The molecule has 3 heteroatoms. The van der Waals surface area contributed by atoms with Gasteiger partial charge in [0.2, 0.25) is 5.69 Å². The minimum atomic E-state index is 0.516. The molecule has 0 saturated heterocycles. The van der Waals surface area contributed by atoms with E-state index >= 15 is 0 Å². The van der Waals surface area contributed by atoms with Crippen LogP contribution in [0.1, 0.15) is 0 Å². The summed E-state index contributed by atoms with van der Waals surface area (Å²) in [6.07, 6.45) is 0. The van der Waals surface area contributed by atoms with Crippen molar-refractivity contribution in [3.05, 3.63) is 34.6 Å². The average molecular weight is 162 g/mol. The number of hydrogen-bond donors (Lipinski definition) is 0. The topological polar surface area (TPSA) is 4.36 Å². The van der Waals surface area contributed by atoms with E-state index in [1.54, 1.807) is 12.1 Å². The molecule has 0 N–H and O–H groups in total. The normalized spacial score (nSPS) is 8.82. The van der Waals surface area contributed by atoms with Gasteiger partial charge in [-0.1, -0.05) is 42.1 Å². The van der Waals surface area contributed by atoms with Crippen molar-refractivity contribution >= 4 is 30.0 Å². The van der Waals surface area contributed by atoms with Gasteiger partial charge in [-0.3, -0.25) is 0 Å². The zero-order chi connectivity index (χ0) is 8.27. The molecule has 1 rings (SSSR count). The van der Waals surface area contributed by atoms with Crippen LogP contribution in [0.2, 0.25) is 11.8 Å². The highest BCUT2D eigenvalue weighted by molar-refractivity contribution is 6.52. The SMILES string of the molecule is [C-]#[N+]c1cc([B]C)ccc1Cl. The van der Waals surface area contributed by atoms with Crippen LogP contribution >= 0.6 is 11.6 Å². The molecule has 0 aliphatic carbocycles. The maximum atomic E-state index is 6.78. The molecule has 0 unspecified atom stereocenters. The number of hydrogen-bond acceptors (Lipinski definition) is 0. The zero-order valence-corrected chi connectivity index (χ0v) is 6.89. The van der Waals surface area contributed by atoms with Gasteiger partial charge in [-0.05, 0) is 0 Å². The van der Waals surface area contributed by atoms with E-state index in [4.69, 9.17) is 18.2 Å². The lowest BCUT2D eigenvalue weighted by molar-refractivity contribution is 1.76. The summed E-state index contributed by atoms with van der Waals surface area (Å²) in [5.41, 5.74) is 1.54. The Morgan fingerprint density at radius 3 is 2.82 bits per heavy atom. The molecule has 0 saturated carbocycles. The third kappa shape index (κ3) is 1.75. The molecule has 0 bridgehead atoms. The van der Waals surface area contributed by atoms with Crippen LogP contribution in [0.25, 0.3) is 4.85 Å². The second-order valence-electron chi connectivity index (χ2n) is 2.11. The fourth-order valence-corrected chi connectivity index (χ4v) is 0.955. The van der Waals surface area contributed by atoms with Crippen molar-refractivity contribution in [2.24, 2.45) is 0 Å². The Labute approximate surface area is 72.1 Å². The highest BCUT2D eigenvalue weighted by atomic mass is 35.5. The van der Waals surface area contributed by atoms with Crippen LogP contribution in [0.4, 0.5) is 5.69 Å². The first-order chi connectivity index (χ1) is 5.27. The maximum Gasteiger partial charge on any atom is 0.204 e. The number of halogens is 1. The molecule has 0 aliphatic rings. The van der Waals surface area contributed by atoms with E-state index in [-0.39, 0.29) is 0 Å². The van der Waals surface area contributed by atoms with E-state index < -0.39 is 0 Å². The Hall–Kier alpha value is -0.935. The zero-order valence-electron chi connectivity index (χ0n) is 6.13. The predicted molar refractivity (Wildman–Crippen MR) is 49.0 cm³/mol. The molecular weight excluding hydrogens is 156 g/mol. The molecule has 0 heterocycles. The summed E-state index contributed by atoms with van der Waals surface area (Å²) < 4.78 is 0. The van der Waals surface area contributed by atoms with E-state index in [9.17, 15) is 0 Å². The van der Waals surface area contributed by atoms with Crippen LogP contribution in [-0.4, -0.2) is 7.28 Å². The lowest BCUT2D eigenvalue weighted by atomic mass is 9.73. The molecule has 0 atom stereocenters. The van der Waals surface area contributed by atoms with Gasteiger partial charge in [0.05, 0.1) is 6.57 Å². The summed E-state index contributed by atoms with van der Waals surface area (Å²) >= 11 is 5.73. The van der Waals surface area contributed by atoms with Crippen LogP contribution in [0.15, 0.2) is 18.2 Å². The minimum Gasteiger partial charge on any atom is -0.237 e. The Bertz CT molecular complexity index is 303. The van der Waals surface area contributed by atoms with Gasteiger partial charge in [0.25, 0.3) is 0 Å². The van der Waals surface area contributed by atoms with Crippen LogP contribution in [0.5, 0.6) is 0 Å². The van der Waals surface area contributed by atoms with E-state index in [1.165, 1.54) is 0 Å². The fraction of sp³-hybridized carbons (Fsp3) is 0.125.